The average molecular weight is 283 g/mol. The van der Waals surface area contributed by atoms with Crippen LogP contribution in [0.1, 0.15) is 56.6 Å². The topological polar surface area (TPSA) is 0 Å². The molecule has 90 valence electrons. The highest BCUT2D eigenvalue weighted by molar-refractivity contribution is 9.08. The Morgan fingerprint density at radius 1 is 0.812 bits per heavy atom. The van der Waals surface area contributed by atoms with Crippen LogP contribution in [0.15, 0.2) is 24.3 Å². The van der Waals surface area contributed by atoms with E-state index in [4.69, 9.17) is 0 Å². The van der Waals surface area contributed by atoms with Crippen molar-refractivity contribution < 1.29 is 0 Å². The zero-order chi connectivity index (χ0) is 11.6. The molecule has 16 heavy (non-hydrogen) atoms. The van der Waals surface area contributed by atoms with Crippen molar-refractivity contribution in [2.75, 3.05) is 0 Å². The lowest BCUT2D eigenvalue weighted by Gasteiger charge is -2.03. The van der Waals surface area contributed by atoms with Gasteiger partial charge in [0.1, 0.15) is 0 Å². The summed E-state index contributed by atoms with van der Waals surface area (Å²) in [6.45, 7) is 2.27. The molecule has 1 rings (SSSR count). The number of unbranched alkanes of at least 4 members (excludes halogenated alkanes) is 5. The van der Waals surface area contributed by atoms with Crippen molar-refractivity contribution in [3.8, 4) is 0 Å². The average Bonchev–Trinajstić information content (AvgIpc) is 2.34. The van der Waals surface area contributed by atoms with Crippen molar-refractivity contribution in [2.24, 2.45) is 0 Å². The second-order valence-corrected chi connectivity index (χ2v) is 5.03. The van der Waals surface area contributed by atoms with Crippen LogP contribution >= 0.6 is 15.9 Å². The van der Waals surface area contributed by atoms with Crippen LogP contribution in [0, 0.1) is 0 Å². The molecular formula is C15H23Br. The molecule has 0 N–H and O–H groups in total. The van der Waals surface area contributed by atoms with Crippen LogP contribution in [-0.2, 0) is 11.8 Å². The number of hydrogen-bond acceptors (Lipinski definition) is 0. The first-order valence-electron chi connectivity index (χ1n) is 6.50. The minimum absolute atomic E-state index is 0.963. The van der Waals surface area contributed by atoms with Gasteiger partial charge in [-0.25, -0.2) is 0 Å². The zero-order valence-corrected chi connectivity index (χ0v) is 11.9. The van der Waals surface area contributed by atoms with Crippen molar-refractivity contribution in [3.05, 3.63) is 35.4 Å². The molecule has 1 heteroatoms. The van der Waals surface area contributed by atoms with Crippen molar-refractivity contribution in [2.45, 2.75) is 57.2 Å². The number of hydrogen-bond donors (Lipinski definition) is 0. The predicted molar refractivity (Wildman–Crippen MR) is 76.2 cm³/mol. The standard InChI is InChI=1S/C15H23Br/c1-2-3-4-5-6-7-8-14-9-11-15(13-16)12-10-14/h9-12H,2-8,13H2,1H3. The SMILES string of the molecule is CCCCCCCCc1ccc(CBr)cc1. The van der Waals surface area contributed by atoms with Gasteiger partial charge >= 0.3 is 0 Å². The summed E-state index contributed by atoms with van der Waals surface area (Å²) in [6.07, 6.45) is 9.55. The van der Waals surface area contributed by atoms with E-state index in [0.29, 0.717) is 0 Å². The predicted octanol–water partition coefficient (Wildman–Crippen LogP) is 5.48. The van der Waals surface area contributed by atoms with E-state index in [9.17, 15) is 0 Å². The van der Waals surface area contributed by atoms with Gasteiger partial charge in [-0.3, -0.25) is 0 Å². The summed E-state index contributed by atoms with van der Waals surface area (Å²) in [5, 5.41) is 0.963. The van der Waals surface area contributed by atoms with Gasteiger partial charge in [-0.05, 0) is 24.0 Å². The lowest BCUT2D eigenvalue weighted by Crippen LogP contribution is -1.87. The Kier molecular flexibility index (Phi) is 7.58. The van der Waals surface area contributed by atoms with Crippen molar-refractivity contribution in [1.82, 2.24) is 0 Å². The Labute approximate surface area is 109 Å². The van der Waals surface area contributed by atoms with E-state index in [-0.39, 0.29) is 0 Å². The van der Waals surface area contributed by atoms with E-state index in [1.54, 1.807) is 0 Å². The Bertz CT molecular complexity index is 263. The van der Waals surface area contributed by atoms with Gasteiger partial charge in [0, 0.05) is 5.33 Å². The molecule has 0 aliphatic heterocycles. The molecule has 0 unspecified atom stereocenters. The number of benzene rings is 1. The van der Waals surface area contributed by atoms with E-state index in [0.717, 1.165) is 5.33 Å². The quantitative estimate of drug-likeness (QED) is 0.437. The first-order valence-corrected chi connectivity index (χ1v) is 7.62. The molecule has 0 saturated carbocycles. The minimum atomic E-state index is 0.963. The lowest BCUT2D eigenvalue weighted by molar-refractivity contribution is 0.607. The summed E-state index contributed by atoms with van der Waals surface area (Å²) >= 11 is 3.47. The van der Waals surface area contributed by atoms with Crippen LogP contribution in [-0.4, -0.2) is 0 Å². The second-order valence-electron chi connectivity index (χ2n) is 4.47. The van der Waals surface area contributed by atoms with Gasteiger partial charge in [0.25, 0.3) is 0 Å². The summed E-state index contributed by atoms with van der Waals surface area (Å²) < 4.78 is 0. The van der Waals surface area contributed by atoms with Crippen molar-refractivity contribution in [3.63, 3.8) is 0 Å². The molecule has 0 fully saturated rings. The molecule has 0 aliphatic carbocycles. The van der Waals surface area contributed by atoms with Gasteiger partial charge in [0.15, 0.2) is 0 Å². The van der Waals surface area contributed by atoms with E-state index in [1.165, 1.54) is 56.1 Å². The van der Waals surface area contributed by atoms with Gasteiger partial charge in [-0.1, -0.05) is 79.2 Å². The summed E-state index contributed by atoms with van der Waals surface area (Å²) in [5.74, 6) is 0. The Morgan fingerprint density at radius 2 is 1.38 bits per heavy atom. The number of halogens is 1. The molecule has 0 atom stereocenters. The maximum Gasteiger partial charge on any atom is 0.0283 e. The number of rotatable bonds is 8. The molecule has 1 aromatic rings. The third-order valence-corrected chi connectivity index (χ3v) is 3.64. The second kappa shape index (κ2) is 8.81. The molecule has 0 radical (unpaired) electrons. The van der Waals surface area contributed by atoms with Crippen LogP contribution in [0.25, 0.3) is 0 Å². The van der Waals surface area contributed by atoms with Crippen molar-refractivity contribution in [1.29, 1.82) is 0 Å². The number of alkyl halides is 1. The van der Waals surface area contributed by atoms with Crippen LogP contribution in [0.4, 0.5) is 0 Å². The molecule has 0 amide bonds. The maximum atomic E-state index is 3.47. The van der Waals surface area contributed by atoms with E-state index in [1.807, 2.05) is 0 Å². The highest BCUT2D eigenvalue weighted by Crippen LogP contribution is 2.12. The van der Waals surface area contributed by atoms with Crippen LogP contribution in [0.3, 0.4) is 0 Å². The monoisotopic (exact) mass is 282 g/mol. The fourth-order valence-corrected chi connectivity index (χ4v) is 2.28. The first-order chi connectivity index (χ1) is 7.86. The zero-order valence-electron chi connectivity index (χ0n) is 10.3. The minimum Gasteiger partial charge on any atom is -0.0876 e. The Morgan fingerprint density at radius 3 is 2.00 bits per heavy atom. The molecule has 0 aliphatic rings. The van der Waals surface area contributed by atoms with Gasteiger partial charge in [0.2, 0.25) is 0 Å². The molecule has 1 aromatic carbocycles. The number of aryl methyl sites for hydroxylation is 1. The molecule has 0 spiro atoms. The van der Waals surface area contributed by atoms with Gasteiger partial charge in [0.05, 0.1) is 0 Å². The maximum absolute atomic E-state index is 3.47. The highest BCUT2D eigenvalue weighted by Gasteiger charge is 1.95. The van der Waals surface area contributed by atoms with Crippen LogP contribution in [0.2, 0.25) is 0 Å². The lowest BCUT2D eigenvalue weighted by atomic mass is 10.0. The van der Waals surface area contributed by atoms with Crippen LogP contribution in [0.5, 0.6) is 0 Å². The smallest absolute Gasteiger partial charge is 0.0283 e. The normalized spacial score (nSPS) is 10.6. The third-order valence-electron chi connectivity index (χ3n) is 3.00. The third kappa shape index (κ3) is 5.69. The molecule has 0 heterocycles. The molecule has 0 aromatic heterocycles. The molecule has 0 saturated heterocycles. The van der Waals surface area contributed by atoms with Crippen LogP contribution < -0.4 is 0 Å². The Hall–Kier alpha value is -0.300. The molecule has 0 nitrogen and oxygen atoms in total. The van der Waals surface area contributed by atoms with E-state index >= 15 is 0 Å². The fraction of sp³-hybridized carbons (Fsp3) is 0.600. The summed E-state index contributed by atoms with van der Waals surface area (Å²) in [7, 11) is 0. The fourth-order valence-electron chi connectivity index (χ4n) is 1.90. The first kappa shape index (κ1) is 13.8. The largest absolute Gasteiger partial charge is 0.0876 e. The van der Waals surface area contributed by atoms with Gasteiger partial charge in [-0.15, -0.1) is 0 Å². The van der Waals surface area contributed by atoms with Crippen molar-refractivity contribution >= 4 is 15.9 Å². The Balaban J connectivity index is 2.12. The summed E-state index contributed by atoms with van der Waals surface area (Å²) in [5.41, 5.74) is 2.85. The molecular weight excluding hydrogens is 260 g/mol. The summed E-state index contributed by atoms with van der Waals surface area (Å²) in [6, 6.07) is 8.98. The van der Waals surface area contributed by atoms with E-state index < -0.39 is 0 Å². The van der Waals surface area contributed by atoms with E-state index in [2.05, 4.69) is 47.1 Å². The summed E-state index contributed by atoms with van der Waals surface area (Å²) in [4.78, 5) is 0. The highest BCUT2D eigenvalue weighted by atomic mass is 79.9. The molecule has 0 bridgehead atoms. The van der Waals surface area contributed by atoms with Gasteiger partial charge in [-0.2, -0.15) is 0 Å². The van der Waals surface area contributed by atoms with Gasteiger partial charge < -0.3 is 0 Å².